The van der Waals surface area contributed by atoms with Crippen LogP contribution in [-0.4, -0.2) is 41.3 Å². The van der Waals surface area contributed by atoms with Gasteiger partial charge in [0.15, 0.2) is 5.65 Å². The maximum Gasteiger partial charge on any atom is 0.416 e. The summed E-state index contributed by atoms with van der Waals surface area (Å²) >= 11 is 6.41. The summed E-state index contributed by atoms with van der Waals surface area (Å²) in [6.45, 7) is 0. The molecule has 31 heavy (non-hydrogen) atoms. The van der Waals surface area contributed by atoms with Gasteiger partial charge in [0.2, 0.25) is 0 Å². The summed E-state index contributed by atoms with van der Waals surface area (Å²) in [6.07, 6.45) is -0.607. The van der Waals surface area contributed by atoms with Crippen molar-refractivity contribution in [3.63, 3.8) is 0 Å². The quantitative estimate of drug-likeness (QED) is 0.469. The minimum atomic E-state index is -4.46. The zero-order valence-electron chi connectivity index (χ0n) is 15.9. The van der Waals surface area contributed by atoms with Crippen LogP contribution in [0.2, 0.25) is 5.02 Å². The number of anilines is 1. The van der Waals surface area contributed by atoms with Crippen LogP contribution in [0, 0.1) is 0 Å². The summed E-state index contributed by atoms with van der Waals surface area (Å²) in [6, 6.07) is 4.01. The molecule has 0 unspecified atom stereocenters. The SMILES string of the molecule is O=C(Nc1ccc(C(F)(F)F)cc1)c1cnc2c(cnn2C2CCS(O)(O)CC2)c1Cl. The van der Waals surface area contributed by atoms with Crippen LogP contribution >= 0.6 is 22.2 Å². The molecule has 4 rings (SSSR count). The smallest absolute Gasteiger partial charge is 0.322 e. The topological polar surface area (TPSA) is 100 Å². The molecular weight excluding hydrogens is 457 g/mol. The van der Waals surface area contributed by atoms with Gasteiger partial charge >= 0.3 is 6.18 Å². The molecule has 166 valence electrons. The van der Waals surface area contributed by atoms with E-state index in [9.17, 15) is 27.1 Å². The summed E-state index contributed by atoms with van der Waals surface area (Å²) in [5.74, 6) is -0.0284. The lowest BCUT2D eigenvalue weighted by atomic mass is 10.1. The van der Waals surface area contributed by atoms with Crippen molar-refractivity contribution in [3.8, 4) is 0 Å². The lowest BCUT2D eigenvalue weighted by molar-refractivity contribution is -0.137. The van der Waals surface area contributed by atoms with Crippen molar-refractivity contribution in [2.75, 3.05) is 16.8 Å². The Labute approximate surface area is 181 Å². The second-order valence-electron chi connectivity index (χ2n) is 7.28. The molecule has 3 aromatic rings. The fourth-order valence-electron chi connectivity index (χ4n) is 3.47. The highest BCUT2D eigenvalue weighted by Gasteiger charge is 2.30. The molecule has 1 saturated heterocycles. The molecule has 1 aliphatic rings. The Morgan fingerprint density at radius 2 is 1.81 bits per heavy atom. The highest BCUT2D eigenvalue weighted by molar-refractivity contribution is 8.24. The molecule has 0 spiro atoms. The van der Waals surface area contributed by atoms with Crippen molar-refractivity contribution in [2.24, 2.45) is 0 Å². The molecule has 0 saturated carbocycles. The highest BCUT2D eigenvalue weighted by atomic mass is 35.5. The van der Waals surface area contributed by atoms with Crippen LogP contribution in [0.3, 0.4) is 0 Å². The van der Waals surface area contributed by atoms with Gasteiger partial charge in [-0.2, -0.15) is 28.9 Å². The Kier molecular flexibility index (Phi) is 5.63. The van der Waals surface area contributed by atoms with Crippen LogP contribution in [0.4, 0.5) is 18.9 Å². The third-order valence-corrected chi connectivity index (χ3v) is 7.36. The minimum absolute atomic E-state index is 0.0615. The van der Waals surface area contributed by atoms with Gasteiger partial charge in [0.25, 0.3) is 5.91 Å². The van der Waals surface area contributed by atoms with Gasteiger partial charge in [-0.05, 0) is 37.1 Å². The van der Waals surface area contributed by atoms with E-state index in [0.29, 0.717) is 35.4 Å². The van der Waals surface area contributed by atoms with Crippen LogP contribution in [0.5, 0.6) is 0 Å². The number of amides is 1. The summed E-state index contributed by atoms with van der Waals surface area (Å²) in [7, 11) is -2.53. The predicted octanol–water partition coefficient (Wildman–Crippen LogP) is 5.44. The van der Waals surface area contributed by atoms with E-state index in [4.69, 9.17) is 11.6 Å². The van der Waals surface area contributed by atoms with E-state index in [1.54, 1.807) is 4.68 Å². The first-order chi connectivity index (χ1) is 14.5. The zero-order valence-corrected chi connectivity index (χ0v) is 17.5. The third kappa shape index (κ3) is 4.49. The number of rotatable bonds is 3. The monoisotopic (exact) mass is 474 g/mol. The van der Waals surface area contributed by atoms with Crippen LogP contribution in [0.15, 0.2) is 36.7 Å². The van der Waals surface area contributed by atoms with E-state index in [0.717, 1.165) is 24.3 Å². The van der Waals surface area contributed by atoms with Crippen molar-refractivity contribution in [1.82, 2.24) is 14.8 Å². The first-order valence-electron chi connectivity index (χ1n) is 9.29. The molecule has 0 atom stereocenters. The lowest BCUT2D eigenvalue weighted by Crippen LogP contribution is -2.24. The molecule has 1 aliphatic heterocycles. The Hall–Kier alpha value is -2.34. The molecule has 3 N–H and O–H groups in total. The molecule has 2 aromatic heterocycles. The maximum absolute atomic E-state index is 12.7. The van der Waals surface area contributed by atoms with E-state index >= 15 is 0 Å². The van der Waals surface area contributed by atoms with Gasteiger partial charge in [0.1, 0.15) is 0 Å². The first kappa shape index (κ1) is 21.9. The van der Waals surface area contributed by atoms with Crippen molar-refractivity contribution >= 4 is 44.8 Å². The number of hydrogen-bond acceptors (Lipinski definition) is 5. The van der Waals surface area contributed by atoms with Gasteiger partial charge in [-0.25, -0.2) is 9.67 Å². The molecule has 1 aromatic carbocycles. The summed E-state index contributed by atoms with van der Waals surface area (Å²) < 4.78 is 59.3. The van der Waals surface area contributed by atoms with Crippen molar-refractivity contribution in [1.29, 1.82) is 0 Å². The zero-order chi connectivity index (χ0) is 22.4. The molecule has 0 radical (unpaired) electrons. The van der Waals surface area contributed by atoms with Gasteiger partial charge < -0.3 is 5.32 Å². The van der Waals surface area contributed by atoms with Gasteiger partial charge in [-0.1, -0.05) is 11.6 Å². The Bertz CT molecular complexity index is 1120. The Balaban J connectivity index is 1.55. The molecular formula is C19H18ClF3N4O3S. The van der Waals surface area contributed by atoms with Gasteiger partial charge in [-0.15, -0.1) is 0 Å². The standard InChI is InChI=1S/C19H18ClF3N4O3S/c20-16-14-10-25-27(13-5-7-31(29,30)8-6-13)17(14)24-9-15(16)18(28)26-12-3-1-11(2-4-12)19(21,22)23/h1-4,9-10,13,29-30H,5-8H2,(H,26,28). The lowest BCUT2D eigenvalue weighted by Gasteiger charge is -2.39. The molecule has 1 amide bonds. The molecule has 7 nitrogen and oxygen atoms in total. The van der Waals surface area contributed by atoms with Crippen LogP contribution in [0.25, 0.3) is 11.0 Å². The summed E-state index contributed by atoms with van der Waals surface area (Å²) in [5, 5.41) is 7.42. The number of halogens is 4. The first-order valence-corrected chi connectivity index (χ1v) is 11.6. The average molecular weight is 475 g/mol. The van der Waals surface area contributed by atoms with Crippen LogP contribution < -0.4 is 5.32 Å². The molecule has 0 aliphatic carbocycles. The Morgan fingerprint density at radius 3 is 2.42 bits per heavy atom. The number of alkyl halides is 3. The summed E-state index contributed by atoms with van der Waals surface area (Å²) in [5.41, 5.74) is -0.0973. The molecule has 12 heteroatoms. The number of benzene rings is 1. The fourth-order valence-corrected chi connectivity index (χ4v) is 5.24. The Morgan fingerprint density at radius 1 is 1.16 bits per heavy atom. The van der Waals surface area contributed by atoms with Crippen molar-refractivity contribution in [2.45, 2.75) is 25.1 Å². The van der Waals surface area contributed by atoms with Gasteiger partial charge in [0, 0.05) is 23.4 Å². The van der Waals surface area contributed by atoms with Crippen molar-refractivity contribution in [3.05, 3.63) is 52.8 Å². The van der Waals surface area contributed by atoms with Gasteiger partial charge in [0.05, 0.1) is 33.8 Å². The highest BCUT2D eigenvalue weighted by Crippen LogP contribution is 2.47. The van der Waals surface area contributed by atoms with E-state index in [-0.39, 0.29) is 22.3 Å². The van der Waals surface area contributed by atoms with E-state index in [1.807, 2.05) is 0 Å². The molecule has 0 bridgehead atoms. The number of carbonyl (C=O) groups is 1. The number of carbonyl (C=O) groups excluding carboxylic acids is 1. The number of nitrogens with one attached hydrogen (secondary N) is 1. The van der Waals surface area contributed by atoms with E-state index < -0.39 is 28.2 Å². The second-order valence-corrected chi connectivity index (χ2v) is 10.1. The second kappa shape index (κ2) is 7.97. The third-order valence-electron chi connectivity index (χ3n) is 5.17. The number of hydrogen-bond donors (Lipinski definition) is 3. The average Bonchev–Trinajstić information content (AvgIpc) is 3.13. The van der Waals surface area contributed by atoms with Crippen LogP contribution in [-0.2, 0) is 6.18 Å². The number of fused-ring (bicyclic) bond motifs is 1. The largest absolute Gasteiger partial charge is 0.416 e. The predicted molar refractivity (Wildman–Crippen MR) is 113 cm³/mol. The molecule has 1 fully saturated rings. The maximum atomic E-state index is 12.7. The van der Waals surface area contributed by atoms with E-state index in [2.05, 4.69) is 15.4 Å². The van der Waals surface area contributed by atoms with E-state index in [1.165, 1.54) is 12.4 Å². The van der Waals surface area contributed by atoms with Crippen LogP contribution in [0.1, 0.15) is 34.8 Å². The minimum Gasteiger partial charge on any atom is -0.322 e. The number of pyridine rings is 1. The van der Waals surface area contributed by atoms with Gasteiger partial charge in [-0.3, -0.25) is 13.9 Å². The molecule has 3 heterocycles. The summed E-state index contributed by atoms with van der Waals surface area (Å²) in [4.78, 5) is 16.9. The normalized spacial score (nSPS) is 18.1. The number of aromatic nitrogens is 3. The fraction of sp³-hybridized carbons (Fsp3) is 0.316. The van der Waals surface area contributed by atoms with Crippen molar-refractivity contribution < 1.29 is 27.1 Å². The number of nitrogens with zero attached hydrogens (tertiary/aromatic N) is 3.